The summed E-state index contributed by atoms with van der Waals surface area (Å²) in [6, 6.07) is 19.4. The number of aromatic nitrogens is 3. The molecule has 0 aliphatic rings. The zero-order chi connectivity index (χ0) is 30.3. The SMILES string of the molecule is COc1ccc(-n2c(SCC(=O)N/N=C/c3ccc(OC)c(OC)c3OC)nnc2-c2ccc(C(C)(C)C)cc2)cc1. The van der Waals surface area contributed by atoms with E-state index in [9.17, 15) is 4.79 Å². The van der Waals surface area contributed by atoms with Crippen LogP contribution in [0.4, 0.5) is 0 Å². The second-order valence-electron chi connectivity index (χ2n) is 10.2. The van der Waals surface area contributed by atoms with Crippen molar-refractivity contribution in [3.63, 3.8) is 0 Å². The fraction of sp³-hybridized carbons (Fsp3) is 0.290. The predicted octanol–water partition coefficient (Wildman–Crippen LogP) is 5.51. The lowest BCUT2D eigenvalue weighted by atomic mass is 9.87. The first-order chi connectivity index (χ1) is 20.2. The van der Waals surface area contributed by atoms with Crippen molar-refractivity contribution >= 4 is 23.9 Å². The minimum Gasteiger partial charge on any atom is -0.497 e. The molecule has 0 aliphatic carbocycles. The molecule has 4 aromatic rings. The minimum absolute atomic E-state index is 0.0314. The first-order valence-electron chi connectivity index (χ1n) is 13.1. The molecule has 0 fully saturated rings. The summed E-state index contributed by atoms with van der Waals surface area (Å²) in [5.41, 5.74) is 6.19. The van der Waals surface area contributed by atoms with Crippen molar-refractivity contribution in [3.05, 3.63) is 71.8 Å². The Labute approximate surface area is 250 Å². The van der Waals surface area contributed by atoms with Gasteiger partial charge in [-0.15, -0.1) is 10.2 Å². The lowest BCUT2D eigenvalue weighted by Gasteiger charge is -2.19. The topological polar surface area (TPSA) is 109 Å². The van der Waals surface area contributed by atoms with Gasteiger partial charge >= 0.3 is 0 Å². The van der Waals surface area contributed by atoms with Crippen LogP contribution in [-0.4, -0.2) is 61.1 Å². The van der Waals surface area contributed by atoms with Crippen molar-refractivity contribution in [2.24, 2.45) is 5.10 Å². The fourth-order valence-corrected chi connectivity index (χ4v) is 4.94. The molecule has 11 heteroatoms. The van der Waals surface area contributed by atoms with Gasteiger partial charge in [-0.05, 0) is 47.4 Å². The maximum Gasteiger partial charge on any atom is 0.250 e. The quantitative estimate of drug-likeness (QED) is 0.139. The van der Waals surface area contributed by atoms with Crippen molar-refractivity contribution < 1.29 is 23.7 Å². The number of methoxy groups -OCH3 is 4. The third-order valence-electron chi connectivity index (χ3n) is 6.43. The van der Waals surface area contributed by atoms with Crippen molar-refractivity contribution in [2.45, 2.75) is 31.3 Å². The van der Waals surface area contributed by atoms with Gasteiger partial charge in [-0.1, -0.05) is 56.8 Å². The molecule has 1 aromatic heterocycles. The third-order valence-corrected chi connectivity index (χ3v) is 7.36. The standard InChI is InChI=1S/C31H35N5O5S/c1-31(2,3)22-11-8-20(9-12-22)29-34-35-30(36(29)23-13-15-24(38-4)16-14-23)42-19-26(37)33-32-18-21-10-17-25(39-5)28(41-7)27(21)40-6/h8-18H,19H2,1-7H3,(H,33,37)/b32-18+. The third kappa shape index (κ3) is 6.85. The molecule has 0 atom stereocenters. The molecule has 0 aliphatic heterocycles. The zero-order valence-electron chi connectivity index (χ0n) is 24.8. The van der Waals surface area contributed by atoms with Crippen molar-refractivity contribution in [3.8, 4) is 40.1 Å². The Kier molecular flexibility index (Phi) is 9.74. The van der Waals surface area contributed by atoms with Gasteiger partial charge in [-0.3, -0.25) is 9.36 Å². The average Bonchev–Trinajstić information content (AvgIpc) is 3.43. The van der Waals surface area contributed by atoms with E-state index in [-0.39, 0.29) is 17.1 Å². The number of rotatable bonds is 11. The van der Waals surface area contributed by atoms with E-state index in [4.69, 9.17) is 18.9 Å². The monoisotopic (exact) mass is 589 g/mol. The average molecular weight is 590 g/mol. The molecule has 220 valence electrons. The molecule has 0 spiro atoms. The van der Waals surface area contributed by atoms with Crippen LogP contribution in [0.2, 0.25) is 0 Å². The van der Waals surface area contributed by atoms with E-state index in [2.05, 4.69) is 53.6 Å². The minimum atomic E-state index is -0.309. The number of ether oxygens (including phenoxy) is 4. The van der Waals surface area contributed by atoms with E-state index in [1.807, 2.05) is 41.0 Å². The Balaban J connectivity index is 1.54. The summed E-state index contributed by atoms with van der Waals surface area (Å²) in [5, 5.41) is 13.6. The summed E-state index contributed by atoms with van der Waals surface area (Å²) >= 11 is 1.26. The van der Waals surface area contributed by atoms with Crippen LogP contribution < -0.4 is 24.4 Å². The molecule has 42 heavy (non-hydrogen) atoms. The Morgan fingerprint density at radius 2 is 1.57 bits per heavy atom. The Hall–Kier alpha value is -4.51. The van der Waals surface area contributed by atoms with Gasteiger partial charge in [-0.25, -0.2) is 5.43 Å². The number of thioether (sulfide) groups is 1. The van der Waals surface area contributed by atoms with E-state index in [0.29, 0.717) is 33.8 Å². The molecule has 0 saturated heterocycles. The van der Waals surface area contributed by atoms with E-state index in [0.717, 1.165) is 17.0 Å². The van der Waals surface area contributed by atoms with Crippen LogP contribution >= 0.6 is 11.8 Å². The van der Waals surface area contributed by atoms with E-state index in [1.165, 1.54) is 37.8 Å². The Bertz CT molecular complexity index is 1540. The van der Waals surface area contributed by atoms with Crippen LogP contribution in [-0.2, 0) is 10.2 Å². The predicted molar refractivity (Wildman–Crippen MR) is 165 cm³/mol. The maximum atomic E-state index is 12.7. The van der Waals surface area contributed by atoms with Gasteiger partial charge in [0.25, 0.3) is 5.91 Å². The number of hydrogen-bond donors (Lipinski definition) is 1. The van der Waals surface area contributed by atoms with Gasteiger partial charge < -0.3 is 18.9 Å². The van der Waals surface area contributed by atoms with Crippen LogP contribution in [0.15, 0.2) is 70.9 Å². The summed E-state index contributed by atoms with van der Waals surface area (Å²) < 4.78 is 23.4. The smallest absolute Gasteiger partial charge is 0.250 e. The summed E-state index contributed by atoms with van der Waals surface area (Å²) in [7, 11) is 6.22. The first-order valence-corrected chi connectivity index (χ1v) is 14.1. The van der Waals surface area contributed by atoms with Crippen LogP contribution in [0.25, 0.3) is 17.1 Å². The molecule has 4 rings (SSSR count). The molecule has 0 saturated carbocycles. The number of hydrazone groups is 1. The number of carbonyl (C=O) groups is 1. The van der Waals surface area contributed by atoms with E-state index >= 15 is 0 Å². The van der Waals surface area contributed by atoms with Crippen LogP contribution in [0.1, 0.15) is 31.9 Å². The Morgan fingerprint density at radius 1 is 0.881 bits per heavy atom. The molecular formula is C31H35N5O5S. The normalized spacial score (nSPS) is 11.4. The van der Waals surface area contributed by atoms with Gasteiger partial charge in [0, 0.05) is 16.8 Å². The largest absolute Gasteiger partial charge is 0.497 e. The number of benzene rings is 3. The van der Waals surface area contributed by atoms with Gasteiger partial charge in [0.15, 0.2) is 22.5 Å². The van der Waals surface area contributed by atoms with Gasteiger partial charge in [0.05, 0.1) is 40.4 Å². The highest BCUT2D eigenvalue weighted by Crippen LogP contribution is 2.39. The van der Waals surface area contributed by atoms with Crippen molar-refractivity contribution in [2.75, 3.05) is 34.2 Å². The van der Waals surface area contributed by atoms with Gasteiger partial charge in [0.2, 0.25) is 5.75 Å². The summed E-state index contributed by atoms with van der Waals surface area (Å²) in [6.45, 7) is 6.53. The second kappa shape index (κ2) is 13.4. The van der Waals surface area contributed by atoms with Crippen molar-refractivity contribution in [1.82, 2.24) is 20.2 Å². The molecule has 0 radical (unpaired) electrons. The highest BCUT2D eigenvalue weighted by Gasteiger charge is 2.19. The number of amides is 1. The summed E-state index contributed by atoms with van der Waals surface area (Å²) in [6.07, 6.45) is 1.49. The first kappa shape index (κ1) is 30.4. The van der Waals surface area contributed by atoms with E-state index in [1.54, 1.807) is 26.4 Å². The fourth-order valence-electron chi connectivity index (χ4n) is 4.20. The zero-order valence-corrected chi connectivity index (χ0v) is 25.6. The van der Waals surface area contributed by atoms with Crippen LogP contribution in [0.5, 0.6) is 23.0 Å². The molecule has 1 amide bonds. The second-order valence-corrected chi connectivity index (χ2v) is 11.1. The molecule has 10 nitrogen and oxygen atoms in total. The highest BCUT2D eigenvalue weighted by atomic mass is 32.2. The highest BCUT2D eigenvalue weighted by molar-refractivity contribution is 7.99. The molecule has 1 heterocycles. The molecule has 1 N–H and O–H groups in total. The number of carbonyl (C=O) groups excluding carboxylic acids is 1. The lowest BCUT2D eigenvalue weighted by molar-refractivity contribution is -0.118. The van der Waals surface area contributed by atoms with Gasteiger partial charge in [-0.2, -0.15) is 5.10 Å². The summed E-state index contributed by atoms with van der Waals surface area (Å²) in [5.74, 6) is 2.57. The molecular weight excluding hydrogens is 554 g/mol. The Morgan fingerprint density at radius 3 is 2.17 bits per heavy atom. The molecule has 0 unspecified atom stereocenters. The van der Waals surface area contributed by atoms with E-state index < -0.39 is 0 Å². The van der Waals surface area contributed by atoms with Crippen molar-refractivity contribution in [1.29, 1.82) is 0 Å². The summed E-state index contributed by atoms with van der Waals surface area (Å²) in [4.78, 5) is 12.7. The number of nitrogens with one attached hydrogen (secondary N) is 1. The number of hydrogen-bond acceptors (Lipinski definition) is 9. The van der Waals surface area contributed by atoms with Gasteiger partial charge in [0.1, 0.15) is 5.75 Å². The molecule has 3 aromatic carbocycles. The molecule has 0 bridgehead atoms. The van der Waals surface area contributed by atoms with Crippen LogP contribution in [0.3, 0.4) is 0 Å². The number of nitrogens with zero attached hydrogens (tertiary/aromatic N) is 4. The maximum absolute atomic E-state index is 12.7. The lowest BCUT2D eigenvalue weighted by Crippen LogP contribution is -2.20. The van der Waals surface area contributed by atoms with Crippen LogP contribution in [0, 0.1) is 0 Å².